The summed E-state index contributed by atoms with van der Waals surface area (Å²) >= 11 is 0. The van der Waals surface area contributed by atoms with Gasteiger partial charge in [0.05, 0.1) is 7.11 Å². The van der Waals surface area contributed by atoms with Gasteiger partial charge in [0.1, 0.15) is 29.2 Å². The van der Waals surface area contributed by atoms with Gasteiger partial charge < -0.3 is 18.9 Å². The van der Waals surface area contributed by atoms with Crippen molar-refractivity contribution in [3.05, 3.63) is 59.7 Å². The van der Waals surface area contributed by atoms with Gasteiger partial charge in [-0.1, -0.05) is 36.4 Å². The summed E-state index contributed by atoms with van der Waals surface area (Å²) in [7, 11) is 1.41. The zero-order valence-corrected chi connectivity index (χ0v) is 21.6. The van der Waals surface area contributed by atoms with E-state index >= 15 is 0 Å². The van der Waals surface area contributed by atoms with E-state index in [1.807, 2.05) is 13.0 Å². The molecule has 0 atom stereocenters. The standard InChI is InChI=1S/C26H34N2O7/c1-18-14-15-20(21(16-18)32-8)27(23(30)34-25(2,3)4)28(24(31)35-26(5,6)7)22(29)33-17-19-12-10-9-11-13-19/h9-16H,17H2,1-8H3. The quantitative estimate of drug-likeness (QED) is 0.373. The number of ether oxygens (including phenoxy) is 4. The maximum atomic E-state index is 13.4. The number of hydrogen-bond acceptors (Lipinski definition) is 7. The Balaban J connectivity index is 2.59. The van der Waals surface area contributed by atoms with E-state index in [1.165, 1.54) is 7.11 Å². The monoisotopic (exact) mass is 486 g/mol. The molecule has 0 aliphatic heterocycles. The molecule has 35 heavy (non-hydrogen) atoms. The average molecular weight is 487 g/mol. The van der Waals surface area contributed by atoms with Crippen molar-refractivity contribution < 1.29 is 33.3 Å². The average Bonchev–Trinajstić information content (AvgIpc) is 2.74. The largest absolute Gasteiger partial charge is 0.494 e. The van der Waals surface area contributed by atoms with Crippen LogP contribution in [-0.4, -0.2) is 41.6 Å². The van der Waals surface area contributed by atoms with Crippen molar-refractivity contribution in [3.63, 3.8) is 0 Å². The Labute approximate surface area is 206 Å². The lowest BCUT2D eigenvalue weighted by molar-refractivity contribution is 0.00982. The third-order valence-corrected chi connectivity index (χ3v) is 4.27. The molecule has 3 amide bonds. The highest BCUT2D eigenvalue weighted by atomic mass is 16.6. The first-order valence-corrected chi connectivity index (χ1v) is 11.1. The molecule has 0 fully saturated rings. The number of imide groups is 1. The Bertz CT molecular complexity index is 1040. The molecular formula is C26H34N2O7. The van der Waals surface area contributed by atoms with Crippen molar-refractivity contribution in [2.75, 3.05) is 12.1 Å². The van der Waals surface area contributed by atoms with E-state index in [2.05, 4.69) is 0 Å². The Morgan fingerprint density at radius 1 is 0.800 bits per heavy atom. The lowest BCUT2D eigenvalue weighted by Crippen LogP contribution is -2.56. The second-order valence-corrected chi connectivity index (χ2v) is 9.80. The van der Waals surface area contributed by atoms with E-state index in [1.54, 1.807) is 84.0 Å². The lowest BCUT2D eigenvalue weighted by Gasteiger charge is -2.35. The van der Waals surface area contributed by atoms with Gasteiger partial charge in [0.25, 0.3) is 0 Å². The minimum Gasteiger partial charge on any atom is -0.494 e. The van der Waals surface area contributed by atoms with E-state index in [0.29, 0.717) is 10.6 Å². The molecule has 0 unspecified atom stereocenters. The Morgan fingerprint density at radius 3 is 1.91 bits per heavy atom. The van der Waals surface area contributed by atoms with E-state index in [0.717, 1.165) is 10.6 Å². The molecular weight excluding hydrogens is 452 g/mol. The van der Waals surface area contributed by atoms with E-state index in [-0.39, 0.29) is 18.0 Å². The van der Waals surface area contributed by atoms with Crippen LogP contribution < -0.4 is 9.75 Å². The number of hydrazine groups is 1. The number of hydrogen-bond donors (Lipinski definition) is 0. The molecule has 9 nitrogen and oxygen atoms in total. The highest BCUT2D eigenvalue weighted by molar-refractivity contribution is 6.00. The summed E-state index contributed by atoms with van der Waals surface area (Å²) in [5, 5.41) is 1.25. The van der Waals surface area contributed by atoms with Crippen molar-refractivity contribution in [1.82, 2.24) is 5.01 Å². The Hall–Kier alpha value is -3.75. The zero-order chi connectivity index (χ0) is 26.4. The van der Waals surface area contributed by atoms with Gasteiger partial charge in [-0.25, -0.2) is 14.4 Å². The van der Waals surface area contributed by atoms with Crippen molar-refractivity contribution in [2.45, 2.75) is 66.3 Å². The number of carbonyl (C=O) groups is 3. The van der Waals surface area contributed by atoms with Crippen LogP contribution >= 0.6 is 0 Å². The minimum absolute atomic E-state index is 0.0925. The number of carbonyl (C=O) groups excluding carboxylic acids is 3. The molecule has 0 saturated heterocycles. The van der Waals surface area contributed by atoms with Gasteiger partial charge in [0.15, 0.2) is 0 Å². The second kappa shape index (κ2) is 11.1. The van der Waals surface area contributed by atoms with E-state index in [4.69, 9.17) is 18.9 Å². The van der Waals surface area contributed by atoms with Gasteiger partial charge in [-0.2, -0.15) is 5.01 Å². The summed E-state index contributed by atoms with van der Waals surface area (Å²) in [6, 6.07) is 13.8. The molecule has 2 rings (SSSR count). The first kappa shape index (κ1) is 27.5. The smallest absolute Gasteiger partial charge is 0.440 e. The summed E-state index contributed by atoms with van der Waals surface area (Å²) in [4.78, 5) is 40.0. The molecule has 0 N–H and O–H groups in total. The van der Waals surface area contributed by atoms with Gasteiger partial charge in [-0.3, -0.25) is 0 Å². The second-order valence-electron chi connectivity index (χ2n) is 9.80. The van der Waals surface area contributed by atoms with Crippen LogP contribution in [0.25, 0.3) is 0 Å². The molecule has 0 bridgehead atoms. The number of methoxy groups -OCH3 is 1. The van der Waals surface area contributed by atoms with Crippen LogP contribution in [0, 0.1) is 6.92 Å². The fourth-order valence-corrected chi connectivity index (χ4v) is 2.88. The van der Waals surface area contributed by atoms with Crippen LogP contribution in [0.2, 0.25) is 0 Å². The van der Waals surface area contributed by atoms with Gasteiger partial charge in [0, 0.05) is 0 Å². The van der Waals surface area contributed by atoms with E-state index < -0.39 is 29.5 Å². The summed E-state index contributed by atoms with van der Waals surface area (Å²) in [6.07, 6.45) is -3.25. The molecule has 190 valence electrons. The molecule has 9 heteroatoms. The van der Waals surface area contributed by atoms with Gasteiger partial charge in [0.2, 0.25) is 0 Å². The Kier molecular flexibility index (Phi) is 8.73. The SMILES string of the molecule is COc1cc(C)ccc1N(C(=O)OC(C)(C)C)N(C(=O)OCc1ccccc1)C(=O)OC(C)(C)C. The van der Waals surface area contributed by atoms with Crippen LogP contribution in [0.5, 0.6) is 5.75 Å². The van der Waals surface area contributed by atoms with Gasteiger partial charge >= 0.3 is 18.3 Å². The van der Waals surface area contributed by atoms with Crippen molar-refractivity contribution in [1.29, 1.82) is 0 Å². The predicted octanol–water partition coefficient (Wildman–Crippen LogP) is 6.23. The summed E-state index contributed by atoms with van der Waals surface area (Å²) in [5.74, 6) is 0.236. The first-order chi connectivity index (χ1) is 16.2. The molecule has 0 spiro atoms. The fourth-order valence-electron chi connectivity index (χ4n) is 2.88. The number of amides is 3. The minimum atomic E-state index is -1.13. The van der Waals surface area contributed by atoms with Crippen molar-refractivity contribution in [2.24, 2.45) is 0 Å². The first-order valence-electron chi connectivity index (χ1n) is 11.1. The fraction of sp³-hybridized carbons (Fsp3) is 0.423. The molecule has 0 heterocycles. The topological polar surface area (TPSA) is 94.6 Å². The molecule has 0 saturated carbocycles. The third kappa shape index (κ3) is 8.20. The summed E-state index contributed by atoms with van der Waals surface area (Å²) < 4.78 is 21.8. The molecule has 0 radical (unpaired) electrons. The lowest BCUT2D eigenvalue weighted by atomic mass is 10.2. The molecule has 2 aromatic rings. The normalized spacial score (nSPS) is 11.3. The molecule has 0 aliphatic carbocycles. The summed E-state index contributed by atoms with van der Waals surface area (Å²) in [6.45, 7) is 11.6. The maximum absolute atomic E-state index is 13.4. The number of aryl methyl sites for hydroxylation is 1. The van der Waals surface area contributed by atoms with Crippen LogP contribution in [-0.2, 0) is 20.8 Å². The molecule has 2 aromatic carbocycles. The maximum Gasteiger partial charge on any atom is 0.440 e. The zero-order valence-electron chi connectivity index (χ0n) is 21.6. The molecule has 0 aromatic heterocycles. The highest BCUT2D eigenvalue weighted by Gasteiger charge is 2.41. The highest BCUT2D eigenvalue weighted by Crippen LogP contribution is 2.33. The molecule has 0 aliphatic rings. The Morgan fingerprint density at radius 2 is 1.37 bits per heavy atom. The third-order valence-electron chi connectivity index (χ3n) is 4.27. The predicted molar refractivity (Wildman–Crippen MR) is 131 cm³/mol. The number of rotatable bonds is 4. The van der Waals surface area contributed by atoms with Crippen molar-refractivity contribution in [3.8, 4) is 5.75 Å². The number of anilines is 1. The van der Waals surface area contributed by atoms with Crippen LogP contribution in [0.15, 0.2) is 48.5 Å². The number of benzene rings is 2. The van der Waals surface area contributed by atoms with Crippen LogP contribution in [0.1, 0.15) is 52.7 Å². The van der Waals surface area contributed by atoms with Crippen LogP contribution in [0.3, 0.4) is 0 Å². The van der Waals surface area contributed by atoms with Gasteiger partial charge in [-0.05, 0) is 71.7 Å². The van der Waals surface area contributed by atoms with Crippen LogP contribution in [0.4, 0.5) is 20.1 Å². The van der Waals surface area contributed by atoms with Crippen molar-refractivity contribution >= 4 is 24.0 Å². The summed E-state index contributed by atoms with van der Waals surface area (Å²) in [5.41, 5.74) is -0.269. The van der Waals surface area contributed by atoms with Gasteiger partial charge in [-0.15, -0.1) is 5.01 Å². The van der Waals surface area contributed by atoms with E-state index in [9.17, 15) is 14.4 Å². The number of nitrogens with zero attached hydrogens (tertiary/aromatic N) is 2.